The van der Waals surface area contributed by atoms with Gasteiger partial charge in [-0.1, -0.05) is 13.8 Å². The van der Waals surface area contributed by atoms with Crippen molar-refractivity contribution >= 4 is 0 Å². The van der Waals surface area contributed by atoms with Crippen LogP contribution in [0.2, 0.25) is 0 Å². The first kappa shape index (κ1) is 11.4. The van der Waals surface area contributed by atoms with Crippen molar-refractivity contribution in [1.29, 1.82) is 0 Å². The first-order valence-corrected chi connectivity index (χ1v) is 6.21. The van der Waals surface area contributed by atoms with E-state index in [9.17, 15) is 5.11 Å². The molecule has 1 heterocycles. The monoisotopic (exact) mass is 212 g/mol. The summed E-state index contributed by atoms with van der Waals surface area (Å²) in [7, 11) is 0. The van der Waals surface area contributed by atoms with Gasteiger partial charge in [-0.2, -0.15) is 0 Å². The molecule has 0 aromatic heterocycles. The van der Waals surface area contributed by atoms with Crippen molar-refractivity contribution in [3.05, 3.63) is 0 Å². The molecule has 0 amide bonds. The Morgan fingerprint density at radius 3 is 2.27 bits per heavy atom. The van der Waals surface area contributed by atoms with E-state index in [1.54, 1.807) is 0 Å². The Morgan fingerprint density at radius 2 is 1.80 bits per heavy atom. The summed E-state index contributed by atoms with van der Waals surface area (Å²) in [5.41, 5.74) is -0.864. The van der Waals surface area contributed by atoms with Crippen molar-refractivity contribution in [2.45, 2.75) is 77.1 Å². The number of aliphatic hydroxyl groups is 1. The van der Waals surface area contributed by atoms with E-state index in [1.165, 1.54) is 0 Å². The summed E-state index contributed by atoms with van der Waals surface area (Å²) >= 11 is 0. The van der Waals surface area contributed by atoms with E-state index in [4.69, 9.17) is 4.74 Å². The van der Waals surface area contributed by atoms with Crippen LogP contribution in [0, 0.1) is 5.41 Å². The molecular formula is C13H24O2. The summed E-state index contributed by atoms with van der Waals surface area (Å²) in [4.78, 5) is 0. The van der Waals surface area contributed by atoms with Gasteiger partial charge in [-0.3, -0.25) is 0 Å². The summed E-state index contributed by atoms with van der Waals surface area (Å²) in [6, 6.07) is 0. The maximum atomic E-state index is 10.7. The predicted molar refractivity (Wildman–Crippen MR) is 60.8 cm³/mol. The van der Waals surface area contributed by atoms with Crippen molar-refractivity contribution in [1.82, 2.24) is 0 Å². The summed E-state index contributed by atoms with van der Waals surface area (Å²) in [6.07, 6.45) is 5.54. The highest BCUT2D eigenvalue weighted by molar-refractivity contribution is 5.12. The van der Waals surface area contributed by atoms with E-state index in [0.717, 1.165) is 32.1 Å². The molecule has 1 saturated heterocycles. The topological polar surface area (TPSA) is 29.5 Å². The smallest absolute Gasteiger partial charge is 0.102 e. The van der Waals surface area contributed by atoms with Gasteiger partial charge in [-0.05, 0) is 51.4 Å². The van der Waals surface area contributed by atoms with Gasteiger partial charge in [0, 0.05) is 0 Å². The van der Waals surface area contributed by atoms with Crippen molar-refractivity contribution in [2.24, 2.45) is 5.41 Å². The highest BCUT2D eigenvalue weighted by Crippen LogP contribution is 2.57. The molecule has 0 aromatic rings. The molecule has 0 radical (unpaired) electrons. The Hall–Kier alpha value is -0.0800. The van der Waals surface area contributed by atoms with Gasteiger partial charge in [0.1, 0.15) is 5.60 Å². The van der Waals surface area contributed by atoms with E-state index < -0.39 is 5.60 Å². The largest absolute Gasteiger partial charge is 0.387 e. The standard InChI is InChI=1S/C13H24O2/c1-10-6-9-13(15-10)11(2,3)7-5-8-12(13,4)14/h10,14H,5-9H2,1-4H3/t10?,12-,13-/m1/s1. The van der Waals surface area contributed by atoms with Gasteiger partial charge in [0.25, 0.3) is 0 Å². The van der Waals surface area contributed by atoms with Crippen molar-refractivity contribution in [3.8, 4) is 0 Å². The normalized spacial score (nSPS) is 49.8. The van der Waals surface area contributed by atoms with E-state index in [0.29, 0.717) is 6.10 Å². The lowest BCUT2D eigenvalue weighted by Crippen LogP contribution is -2.63. The minimum atomic E-state index is -0.653. The second kappa shape index (κ2) is 3.21. The molecule has 88 valence electrons. The zero-order chi connectivity index (χ0) is 11.3. The third kappa shape index (κ3) is 1.45. The molecule has 1 spiro atoms. The summed E-state index contributed by atoms with van der Waals surface area (Å²) in [5, 5.41) is 10.7. The molecule has 2 heteroatoms. The fourth-order valence-corrected chi connectivity index (χ4v) is 3.77. The SMILES string of the molecule is CC1CC[C@@]2(O1)C(C)(C)CCC[C@@]2(C)O. The van der Waals surface area contributed by atoms with Crippen LogP contribution in [0.15, 0.2) is 0 Å². The second-order valence-corrected chi connectivity index (χ2v) is 6.31. The zero-order valence-corrected chi connectivity index (χ0v) is 10.5. The number of hydrogen-bond donors (Lipinski definition) is 1. The molecule has 2 fully saturated rings. The molecule has 3 atom stereocenters. The van der Waals surface area contributed by atoms with Crippen LogP contribution < -0.4 is 0 Å². The molecule has 0 aromatic carbocycles. The van der Waals surface area contributed by atoms with Gasteiger partial charge in [0.05, 0.1) is 11.7 Å². The Labute approximate surface area is 93.0 Å². The second-order valence-electron chi connectivity index (χ2n) is 6.31. The highest BCUT2D eigenvalue weighted by Gasteiger charge is 2.61. The Kier molecular flexibility index (Phi) is 2.44. The predicted octanol–water partition coefficient (Wildman–Crippen LogP) is 2.89. The van der Waals surface area contributed by atoms with Gasteiger partial charge in [0.2, 0.25) is 0 Å². The van der Waals surface area contributed by atoms with Gasteiger partial charge in [0.15, 0.2) is 0 Å². The molecule has 2 aliphatic rings. The van der Waals surface area contributed by atoms with Crippen molar-refractivity contribution in [3.63, 3.8) is 0 Å². The van der Waals surface area contributed by atoms with Crippen LogP contribution in [0.1, 0.15) is 59.8 Å². The van der Waals surface area contributed by atoms with Gasteiger partial charge >= 0.3 is 0 Å². The lowest BCUT2D eigenvalue weighted by atomic mass is 9.57. The van der Waals surface area contributed by atoms with E-state index in [-0.39, 0.29) is 11.0 Å². The molecular weight excluding hydrogens is 188 g/mol. The molecule has 1 N–H and O–H groups in total. The van der Waals surface area contributed by atoms with Crippen molar-refractivity contribution < 1.29 is 9.84 Å². The van der Waals surface area contributed by atoms with Crippen LogP contribution >= 0.6 is 0 Å². The average molecular weight is 212 g/mol. The molecule has 1 aliphatic heterocycles. The van der Waals surface area contributed by atoms with Crippen molar-refractivity contribution in [2.75, 3.05) is 0 Å². The molecule has 1 saturated carbocycles. The van der Waals surface area contributed by atoms with Crippen LogP contribution in [-0.2, 0) is 4.74 Å². The molecule has 2 nitrogen and oxygen atoms in total. The Bertz CT molecular complexity index is 239. The average Bonchev–Trinajstić information content (AvgIpc) is 2.46. The third-order valence-corrected chi connectivity index (χ3v) is 4.73. The van der Waals surface area contributed by atoms with Gasteiger partial charge in [-0.15, -0.1) is 0 Å². The zero-order valence-electron chi connectivity index (χ0n) is 10.5. The third-order valence-electron chi connectivity index (χ3n) is 4.73. The fraction of sp³-hybridized carbons (Fsp3) is 1.00. The van der Waals surface area contributed by atoms with Crippen LogP contribution in [0.25, 0.3) is 0 Å². The molecule has 1 aliphatic carbocycles. The maximum absolute atomic E-state index is 10.7. The Balaban J connectivity index is 2.38. The van der Waals surface area contributed by atoms with Gasteiger partial charge in [-0.25, -0.2) is 0 Å². The van der Waals surface area contributed by atoms with E-state index in [1.807, 2.05) is 6.92 Å². The quantitative estimate of drug-likeness (QED) is 0.669. The summed E-state index contributed by atoms with van der Waals surface area (Å²) in [5.74, 6) is 0. The van der Waals surface area contributed by atoms with Crippen LogP contribution in [0.3, 0.4) is 0 Å². The summed E-state index contributed by atoms with van der Waals surface area (Å²) in [6.45, 7) is 8.58. The number of rotatable bonds is 0. The molecule has 2 rings (SSSR count). The Morgan fingerprint density at radius 1 is 1.13 bits per heavy atom. The molecule has 15 heavy (non-hydrogen) atoms. The first-order valence-electron chi connectivity index (χ1n) is 6.21. The summed E-state index contributed by atoms with van der Waals surface area (Å²) < 4.78 is 6.17. The fourth-order valence-electron chi connectivity index (χ4n) is 3.77. The number of hydrogen-bond acceptors (Lipinski definition) is 2. The molecule has 0 bridgehead atoms. The minimum Gasteiger partial charge on any atom is -0.387 e. The van der Waals surface area contributed by atoms with E-state index in [2.05, 4.69) is 20.8 Å². The van der Waals surface area contributed by atoms with Crippen LogP contribution in [0.5, 0.6) is 0 Å². The lowest BCUT2D eigenvalue weighted by molar-refractivity contribution is -0.239. The highest BCUT2D eigenvalue weighted by atomic mass is 16.5. The molecule has 1 unspecified atom stereocenters. The minimum absolute atomic E-state index is 0.0967. The van der Waals surface area contributed by atoms with Crippen LogP contribution in [-0.4, -0.2) is 22.4 Å². The lowest BCUT2D eigenvalue weighted by Gasteiger charge is -2.56. The van der Waals surface area contributed by atoms with Crippen LogP contribution in [0.4, 0.5) is 0 Å². The van der Waals surface area contributed by atoms with E-state index >= 15 is 0 Å². The van der Waals surface area contributed by atoms with Gasteiger partial charge < -0.3 is 9.84 Å². The first-order chi connectivity index (χ1) is 6.81. The maximum Gasteiger partial charge on any atom is 0.102 e. The number of ether oxygens (including phenoxy) is 1.